The van der Waals surface area contributed by atoms with Crippen molar-refractivity contribution < 1.29 is 126 Å². The number of carbonyl (C=O) groups is 10. The first-order valence-electron chi connectivity index (χ1n) is 37.5. The molecule has 8 amide bonds. The monoisotopic (exact) mass is 1580 g/mol. The van der Waals surface area contributed by atoms with Crippen LogP contribution < -0.4 is 37.2 Å². The third-order valence-corrected chi connectivity index (χ3v) is 18.1. The number of ether oxygens (including phenoxy) is 11. The minimum atomic E-state index is -1.01. The van der Waals surface area contributed by atoms with Gasteiger partial charge < -0.3 is 125 Å². The summed E-state index contributed by atoms with van der Waals surface area (Å²) in [7, 11) is 10.6. The number of nitrogens with one attached hydrogen (secondary N) is 7. The number of hydrogen-bond acceptors (Lipinski definition) is 26. The van der Waals surface area contributed by atoms with Gasteiger partial charge in [-0.15, -0.1) is 0 Å². The summed E-state index contributed by atoms with van der Waals surface area (Å²) in [5, 5.41) is 63.0. The molecule has 1 heterocycles. The van der Waals surface area contributed by atoms with Crippen LogP contribution in [0.15, 0.2) is 30.3 Å². The largest absolute Gasteiger partial charge is 0.481 e. The van der Waals surface area contributed by atoms with Gasteiger partial charge in [0.1, 0.15) is 31.3 Å². The molecule has 1 fully saturated rings. The van der Waals surface area contributed by atoms with E-state index in [1.165, 1.54) is 42.5 Å². The number of alkyl carbamates (subject to hydrolysis) is 2. The van der Waals surface area contributed by atoms with Gasteiger partial charge in [-0.3, -0.25) is 33.6 Å². The number of likely N-dealkylation sites (N-methyl/N-ethyl adjacent to an activating group) is 2. The van der Waals surface area contributed by atoms with Crippen LogP contribution in [-0.4, -0.2) is 303 Å². The number of benzene rings is 1. The van der Waals surface area contributed by atoms with Crippen LogP contribution in [0.3, 0.4) is 0 Å². The Balaban J connectivity index is 0. The first-order chi connectivity index (χ1) is 51.8. The number of methoxy groups -OCH3 is 5. The Labute approximate surface area is 651 Å². The van der Waals surface area contributed by atoms with E-state index in [0.717, 1.165) is 5.56 Å². The number of amides is 8. The minimum absolute atomic E-state index is 0. The zero-order chi connectivity index (χ0) is 82.7. The average Bonchev–Trinajstić information content (AvgIpc) is 1.58. The maximum atomic E-state index is 14.5. The summed E-state index contributed by atoms with van der Waals surface area (Å²) in [5.74, 6) is -5.08. The lowest BCUT2D eigenvalue weighted by Crippen LogP contribution is -2.59. The van der Waals surface area contributed by atoms with Gasteiger partial charge in [0.15, 0.2) is 18.9 Å². The van der Waals surface area contributed by atoms with E-state index >= 15 is 0 Å². The standard InChI is InChI=1S/C56H96N8O15.C11H21NO7.C7H16O4.CH4/c1-15-36(7)49(63(11)54(71)48(35(5)6)62-53(70)47(57-10)34(3)4)43(74-12)31-45(67)64-28-20-24-42(64)50(76-14)37(8)51(68)61-41(30-39-22-18-17-19-23-39)52(69)58-26-21-29-77-55(72)38(9)60-44(66)25-27-59-56(73)78-33-46(75-13)79-40(16-2)32-65;1-3-8(6-13)19-10(17-2)7-18-11(16)12-5-4-9(14)15;1-3-6(4-8)11-7(5-9)10-2;/h17-19,22-23,34-38,40-43,46-50,57,65H,15-16,20-21,24-33H2,1-14H3,(H,58,69)(H,59,73)(H,60,66)(H,61,68)(H,62,70);8,10,13H,3-7H2,1-2H3,(H,12,16)(H,14,15);6-9H,3-5H2,1-2H3;1H4/t36-,37+,38-,40?,41-,42-,43+,46?,47-,48-,49-,50+;;;/m0.../s1. The Hall–Kier alpha value is -7.00. The van der Waals surface area contributed by atoms with Gasteiger partial charge in [-0.1, -0.05) is 113 Å². The Kier molecular flexibility index (Phi) is 57.9. The van der Waals surface area contributed by atoms with Gasteiger partial charge >= 0.3 is 24.1 Å². The van der Waals surface area contributed by atoms with Gasteiger partial charge in [-0.25, -0.2) is 14.4 Å². The Morgan fingerprint density at radius 3 is 1.55 bits per heavy atom. The molecule has 35 heteroatoms. The molecule has 110 heavy (non-hydrogen) atoms. The molecule has 0 spiro atoms. The zero-order valence-electron chi connectivity index (χ0n) is 67.5. The van der Waals surface area contributed by atoms with Crippen molar-refractivity contribution >= 4 is 59.6 Å². The maximum absolute atomic E-state index is 14.5. The highest BCUT2D eigenvalue weighted by atomic mass is 16.7. The number of likely N-dealkylation sites (tertiary alicyclic amines) is 1. The highest BCUT2D eigenvalue weighted by molar-refractivity contribution is 5.91. The van der Waals surface area contributed by atoms with Crippen LogP contribution in [0.1, 0.15) is 153 Å². The van der Waals surface area contributed by atoms with Crippen molar-refractivity contribution in [2.75, 3.05) is 122 Å². The molecule has 638 valence electrons. The molecule has 1 aromatic rings. The fourth-order valence-electron chi connectivity index (χ4n) is 11.4. The number of aliphatic hydroxyl groups excluding tert-OH is 4. The normalized spacial score (nSPS) is 16.7. The predicted octanol–water partition coefficient (Wildman–Crippen LogP) is 2.77. The summed E-state index contributed by atoms with van der Waals surface area (Å²) in [5.41, 5.74) is 0.798. The fraction of sp³-hybridized carbons (Fsp3) is 0.787. The number of esters is 1. The second kappa shape index (κ2) is 60.6. The Morgan fingerprint density at radius 2 is 1.11 bits per heavy atom. The Morgan fingerprint density at radius 1 is 0.591 bits per heavy atom. The molecule has 1 aliphatic rings. The maximum Gasteiger partial charge on any atom is 0.407 e. The number of carboxylic acid groups (broad SMARTS) is 1. The molecular weight excluding hydrogens is 1440 g/mol. The summed E-state index contributed by atoms with van der Waals surface area (Å²) in [6.07, 6.45) is -2.67. The summed E-state index contributed by atoms with van der Waals surface area (Å²) in [4.78, 5) is 132. The van der Waals surface area contributed by atoms with Crippen LogP contribution in [-0.2, 0) is 96.9 Å². The van der Waals surface area contributed by atoms with Gasteiger partial charge in [-0.2, -0.15) is 0 Å². The number of rotatable bonds is 53. The molecule has 12 N–H and O–H groups in total. The van der Waals surface area contributed by atoms with E-state index in [2.05, 4.69) is 37.2 Å². The van der Waals surface area contributed by atoms with Crippen molar-refractivity contribution in [1.82, 2.24) is 47.0 Å². The lowest BCUT2D eigenvalue weighted by molar-refractivity contribution is -0.181. The quantitative estimate of drug-likeness (QED) is 0.0193. The number of carboxylic acids is 1. The minimum Gasteiger partial charge on any atom is -0.481 e. The van der Waals surface area contributed by atoms with Crippen LogP contribution in [0, 0.1) is 23.7 Å². The molecule has 1 aliphatic heterocycles. The van der Waals surface area contributed by atoms with Crippen LogP contribution >= 0.6 is 0 Å². The van der Waals surface area contributed by atoms with Gasteiger partial charge in [-0.05, 0) is 75.8 Å². The van der Waals surface area contributed by atoms with Gasteiger partial charge in [0.25, 0.3) is 0 Å². The van der Waals surface area contributed by atoms with Crippen molar-refractivity contribution in [1.29, 1.82) is 0 Å². The van der Waals surface area contributed by atoms with E-state index in [9.17, 15) is 53.1 Å². The number of carbonyl (C=O) groups excluding carboxylic acids is 9. The first-order valence-corrected chi connectivity index (χ1v) is 37.5. The van der Waals surface area contributed by atoms with E-state index in [4.69, 9.17) is 72.5 Å². The van der Waals surface area contributed by atoms with Crippen LogP contribution in [0.25, 0.3) is 0 Å². The number of hydrogen-bond donors (Lipinski definition) is 12. The summed E-state index contributed by atoms with van der Waals surface area (Å²) in [6, 6.07) is 4.86. The van der Waals surface area contributed by atoms with E-state index in [1.54, 1.807) is 30.8 Å². The van der Waals surface area contributed by atoms with E-state index in [-0.39, 0.29) is 153 Å². The molecule has 16 atom stereocenters. The number of aliphatic carboxylic acids is 1. The smallest absolute Gasteiger partial charge is 0.407 e. The third kappa shape index (κ3) is 41.0. The molecule has 1 saturated heterocycles. The van der Waals surface area contributed by atoms with Gasteiger partial charge in [0, 0.05) is 81.6 Å². The van der Waals surface area contributed by atoms with E-state index in [1.807, 2.05) is 92.6 Å². The van der Waals surface area contributed by atoms with Crippen LogP contribution in [0.4, 0.5) is 9.59 Å². The molecule has 0 bridgehead atoms. The Bertz CT molecular complexity index is 2700. The van der Waals surface area contributed by atoms with Gasteiger partial charge in [0.05, 0.1) is 100 Å². The molecule has 6 unspecified atom stereocenters. The van der Waals surface area contributed by atoms with E-state index in [0.29, 0.717) is 45.1 Å². The lowest BCUT2D eigenvalue weighted by Gasteiger charge is -2.41. The predicted molar refractivity (Wildman–Crippen MR) is 407 cm³/mol. The number of nitrogens with zero attached hydrogens (tertiary/aromatic N) is 2. The van der Waals surface area contributed by atoms with Crippen LogP contribution in [0.5, 0.6) is 0 Å². The fourth-order valence-corrected chi connectivity index (χ4v) is 11.4. The van der Waals surface area contributed by atoms with Crippen molar-refractivity contribution in [3.8, 4) is 0 Å². The highest BCUT2D eigenvalue weighted by Gasteiger charge is 2.44. The lowest BCUT2D eigenvalue weighted by atomic mass is 9.89. The summed E-state index contributed by atoms with van der Waals surface area (Å²) < 4.78 is 58.0. The molecule has 0 radical (unpaired) electrons. The van der Waals surface area contributed by atoms with Crippen molar-refractivity contribution in [2.24, 2.45) is 23.7 Å². The van der Waals surface area contributed by atoms with Crippen molar-refractivity contribution in [3.05, 3.63) is 35.9 Å². The topological polar surface area (TPSA) is 464 Å². The molecule has 2 rings (SSSR count). The molecule has 35 nitrogen and oxygen atoms in total. The van der Waals surface area contributed by atoms with Crippen molar-refractivity contribution in [2.45, 2.75) is 240 Å². The van der Waals surface area contributed by atoms with Crippen LogP contribution in [0.2, 0.25) is 0 Å². The van der Waals surface area contributed by atoms with Crippen molar-refractivity contribution in [3.63, 3.8) is 0 Å². The molecule has 0 aromatic heterocycles. The van der Waals surface area contributed by atoms with E-state index < -0.39 is 121 Å². The third-order valence-electron chi connectivity index (χ3n) is 18.1. The molecule has 1 aromatic carbocycles. The SMILES string of the molecule is C.CCC(CO)OC(CO)OC.CCC(CO)OC(COC(=O)NCCC(=O)N[C@@H](C)C(=O)OCCCNC(=O)[C@H](Cc1ccccc1)NC(=O)[C@H](C)[C@@H](OC)[C@@H]1CCCN1C(=O)C[C@@H](OC)[C@H]([C@@H](C)CC)N(C)C(=O)[C@@H](NC(=O)[C@@H](NC)C(C)C)C(C)C)OC.CCC(CO)OC(COC(=O)NCCC(=O)O)OC. The summed E-state index contributed by atoms with van der Waals surface area (Å²) >= 11 is 0. The zero-order valence-corrected chi connectivity index (χ0v) is 67.5. The molecular formula is C75H137N9O26. The average molecular weight is 1580 g/mol. The second-order valence-electron chi connectivity index (χ2n) is 26.9. The highest BCUT2D eigenvalue weighted by Crippen LogP contribution is 2.30. The molecule has 0 aliphatic carbocycles. The van der Waals surface area contributed by atoms with Gasteiger partial charge in [0.2, 0.25) is 35.4 Å². The number of aliphatic hydroxyl groups is 4. The first kappa shape index (κ1) is 105. The molecule has 0 saturated carbocycles. The second-order valence-corrected chi connectivity index (χ2v) is 26.9. The summed E-state index contributed by atoms with van der Waals surface area (Å²) in [6.45, 7) is 19.7.